The van der Waals surface area contributed by atoms with Gasteiger partial charge in [-0.05, 0) is 0 Å². The Morgan fingerprint density at radius 1 is 0.481 bits per heavy atom. The molecule has 269 valence electrons. The molecule has 3 radical (unpaired) electrons. The van der Waals surface area contributed by atoms with Crippen LogP contribution in [0, 0.1) is 7.43 Å². The third-order valence-electron chi connectivity index (χ3n) is 8.57. The number of fused-ring (bicyclic) bond motifs is 14. The molecule has 4 aliphatic heterocycles. The summed E-state index contributed by atoms with van der Waals surface area (Å²) in [7, 11) is 0.500. The number of nitrogens with zero attached hydrogens (tertiary/aromatic N) is 8. The van der Waals surface area contributed by atoms with Crippen molar-refractivity contribution in [1.82, 2.24) is 6.55 Å². The van der Waals surface area contributed by atoms with Crippen LogP contribution in [0.1, 0.15) is 58.8 Å². The van der Waals surface area contributed by atoms with E-state index >= 15 is 0 Å². The molecule has 6 bridgehead atoms. The van der Waals surface area contributed by atoms with Crippen LogP contribution in [-0.4, -0.2) is 62.2 Å². The van der Waals surface area contributed by atoms with E-state index in [9.17, 15) is 4.39 Å². The van der Waals surface area contributed by atoms with Gasteiger partial charge in [0.05, 0.1) is 7.18 Å². The summed E-state index contributed by atoms with van der Waals surface area (Å²) in [4.78, 5) is 31.4. The van der Waals surface area contributed by atoms with Crippen LogP contribution in [0.25, 0.3) is 21.5 Å². The molecule has 0 N–H and O–H groups in total. The Kier molecular flexibility index (Phi) is 12.6. The Bertz CT molecular complexity index is 2360. The van der Waals surface area contributed by atoms with E-state index in [0.717, 1.165) is 66.4 Å². The average molecular weight is 993 g/mol. The predicted molar refractivity (Wildman–Crippen MR) is 218 cm³/mol. The van der Waals surface area contributed by atoms with Crippen LogP contribution in [0.15, 0.2) is 127 Å². The minimum atomic E-state index is -2.85. The minimum Gasteiger partial charge on any atom is 0 e. The second-order valence-electron chi connectivity index (χ2n) is 10.8. The van der Waals surface area contributed by atoms with E-state index in [1.54, 1.807) is 0 Å². The molecule has 0 spiro atoms. The molecule has 0 fully saturated rings. The molecule has 0 saturated carbocycles. The molecule has 2 aromatic heterocycles. The number of alkyl halides is 1. The first kappa shape index (κ1) is 40.3. The number of rotatable bonds is 0. The van der Waals surface area contributed by atoms with Gasteiger partial charge in [-0.2, -0.15) is 0 Å². The topological polar surface area (TPSA) is 84.0 Å². The van der Waals surface area contributed by atoms with Crippen LogP contribution >= 0.6 is 0 Å². The van der Waals surface area contributed by atoms with Gasteiger partial charge in [0.15, 0.2) is 0 Å². The average Bonchev–Trinajstić information content (AvgIpc) is 3.87. The third-order valence-corrected chi connectivity index (χ3v) is 13.8. The van der Waals surface area contributed by atoms with E-state index in [2.05, 4.69) is 84.8 Å². The van der Waals surface area contributed by atoms with Crippen molar-refractivity contribution in [2.45, 2.75) is 40.6 Å². The predicted octanol–water partition coefficient (Wildman–Crippen LogP) is 8.64. The van der Waals surface area contributed by atoms with Crippen molar-refractivity contribution < 1.29 is 5.82 Å². The minimum absolute atomic E-state index is 0. The van der Waals surface area contributed by atoms with E-state index in [-0.39, 0.29) is 24.7 Å². The summed E-state index contributed by atoms with van der Waals surface area (Å²) in [5, 5.41) is 4.19. The van der Waals surface area contributed by atoms with E-state index in [1.165, 1.54) is 0 Å². The number of hydrogen-bond donors (Lipinski definition) is 0. The molecule has 8 nitrogen and oxygen atoms in total. The standard InChI is InChI=1S/C32H16N8.2C2H6.CH3F.CH4.2CH3.B.Fm.Ga.H2/c1-2-10-18-17(9-1)25-33-26(18)38-28-21-13-5-6-14-22(21)30(35-28)40-32-24-16-8-7-15-23(24)31(36-32)39-29-20-12-4-3-11-19(20)27(34-29)37-25;3*1-2;;;;;;;/h1-16H;2*1-2H3;1H3;1H4;2*1H3;;;;1H/q-2;;;;;;-1;;;+2;/i;;;;;;;;;;1+1. The zero-order valence-electron chi connectivity index (χ0n) is 29.6. The smallest absolute Gasteiger partial charge is 0 e. The summed E-state index contributed by atoms with van der Waals surface area (Å²) in [6.45, 7) is 8.00. The molecule has 10 rings (SSSR count). The SMILES string of the molecule is C.CC.CC.CF.[2HH].[B].[CH3-].[CH3][Ga]1[n]2c3c4ccccc4c2N=C2N=C(N=c4c5ccccc5c([n]41)=NC1=NC(=N3)c3ccccc31)c1ccccc12.[Fm]. The number of halogens is 1. The van der Waals surface area contributed by atoms with E-state index in [1.807, 2.05) is 52.0 Å². The van der Waals surface area contributed by atoms with Gasteiger partial charge in [-0.25, -0.2) is 0 Å². The third kappa shape index (κ3) is 5.80. The van der Waals surface area contributed by atoms with E-state index < -0.39 is 16.7 Å². The van der Waals surface area contributed by atoms with Gasteiger partial charge >= 0.3 is 245 Å². The van der Waals surface area contributed by atoms with Crippen LogP contribution in [0.2, 0.25) is 5.48 Å². The zero-order chi connectivity index (χ0) is 33.5. The molecule has 4 aliphatic rings. The molecule has 0 atom stereocenters. The van der Waals surface area contributed by atoms with Crippen LogP contribution in [0.4, 0.5) is 16.0 Å². The van der Waals surface area contributed by atoms with Crippen molar-refractivity contribution >= 4 is 81.6 Å². The van der Waals surface area contributed by atoms with E-state index in [4.69, 9.17) is 30.0 Å². The first-order chi connectivity index (χ1) is 23.7. The fourth-order valence-electron chi connectivity index (χ4n) is 6.68. The maximum absolute atomic E-state index is 9.50. The van der Waals surface area contributed by atoms with Gasteiger partial charge in [0.25, 0.3) is 0 Å². The Morgan fingerprint density at radius 2 is 0.769 bits per heavy atom. The monoisotopic (exact) mass is 992 g/mol. The quantitative estimate of drug-likeness (QED) is 0.108. The van der Waals surface area contributed by atoms with Crippen molar-refractivity contribution in [3.8, 4) is 0 Å². The summed E-state index contributed by atoms with van der Waals surface area (Å²) in [6.07, 6.45) is 0. The van der Waals surface area contributed by atoms with Crippen molar-refractivity contribution in [3.05, 3.63) is 138 Å². The van der Waals surface area contributed by atoms with Crippen molar-refractivity contribution in [3.63, 3.8) is 0 Å². The van der Waals surface area contributed by atoms with Crippen molar-refractivity contribution in [2.75, 3.05) is 7.18 Å². The molecular formula is C40H43BFFmGaN8-. The second-order valence-corrected chi connectivity index (χ2v) is 15.6. The number of amidine groups is 4. The molecular weight excluding hydrogens is 949 g/mol. The molecule has 12 heteroatoms. The summed E-state index contributed by atoms with van der Waals surface area (Å²) in [6, 6.07) is 33.3. The number of benzene rings is 4. The van der Waals surface area contributed by atoms with Gasteiger partial charge in [-0.1, -0.05) is 35.1 Å². The normalized spacial score (nSPS) is 13.0. The number of aliphatic imine (C=N–C) groups is 4. The maximum atomic E-state index is 9.50. The molecule has 0 unspecified atom stereocenters. The van der Waals surface area contributed by atoms with Gasteiger partial charge in [0.1, 0.15) is 0 Å². The molecule has 4 aromatic carbocycles. The fourth-order valence-corrected chi connectivity index (χ4v) is 11.8. The Labute approximate surface area is 308 Å². The second kappa shape index (κ2) is 16.3. The Balaban J connectivity index is 0.000000845. The molecule has 6 aromatic rings. The Hall–Kier alpha value is -6.13. The van der Waals surface area contributed by atoms with Crippen LogP contribution in [0.5, 0.6) is 0 Å². The fraction of sp³-hybridized carbons (Fsp3) is 0.175. The van der Waals surface area contributed by atoms with Gasteiger partial charge in [0.2, 0.25) is 0 Å². The van der Waals surface area contributed by atoms with Gasteiger partial charge in [-0.3, -0.25) is 4.39 Å². The summed E-state index contributed by atoms with van der Waals surface area (Å²) < 4.78 is 14.3. The number of aromatic nitrogens is 2. The summed E-state index contributed by atoms with van der Waals surface area (Å²) in [5.41, 5.74) is 8.04. The van der Waals surface area contributed by atoms with Crippen molar-refractivity contribution in [2.24, 2.45) is 30.0 Å². The first-order valence-electron chi connectivity index (χ1n) is 16.4. The van der Waals surface area contributed by atoms with Crippen molar-refractivity contribution in [1.29, 1.82) is 0 Å². The molecule has 0 amide bonds. The maximum Gasteiger partial charge on any atom is 0 e. The molecule has 52 heavy (non-hydrogen) atoms. The molecule has 0 aliphatic carbocycles. The van der Waals surface area contributed by atoms with Crippen LogP contribution in [-0.2, 0) is 0 Å². The summed E-state index contributed by atoms with van der Waals surface area (Å²) in [5.74, 6) is 4.46. The van der Waals surface area contributed by atoms with Gasteiger partial charge < -0.3 is 7.43 Å². The molecule has 6 heterocycles. The Morgan fingerprint density at radius 3 is 1.12 bits per heavy atom. The van der Waals surface area contributed by atoms with E-state index in [0.29, 0.717) is 30.5 Å². The zero-order valence-corrected chi connectivity index (χ0v) is 34.5. The van der Waals surface area contributed by atoms with Gasteiger partial charge in [0, 0.05) is 9.84 Å². The molecule has 0 saturated heterocycles. The first-order valence-corrected chi connectivity index (χ1v) is 20.9. The van der Waals surface area contributed by atoms with Crippen LogP contribution < -0.4 is 11.0 Å². The largest absolute Gasteiger partial charge is 0 e. The number of hydrogen-bond acceptors (Lipinski definition) is 6. The van der Waals surface area contributed by atoms with Crippen LogP contribution in [0.3, 0.4) is 0 Å². The van der Waals surface area contributed by atoms with Gasteiger partial charge in [-0.15, -0.1) is 0 Å². The summed E-state index contributed by atoms with van der Waals surface area (Å²) >= 11 is -2.85.